The third kappa shape index (κ3) is 6.53. The number of aliphatic hydroxyl groups is 1. The second-order valence-corrected chi connectivity index (χ2v) is 3.28. The molecule has 0 saturated carbocycles. The molecule has 0 amide bonds. The minimum atomic E-state index is -0.971. The molecule has 0 aliphatic carbocycles. The number of hydrogen-bond donors (Lipinski definition) is 2. The molecule has 0 aromatic carbocycles. The molecule has 3 heteroatoms. The number of anilines is 1. The summed E-state index contributed by atoms with van der Waals surface area (Å²) >= 11 is 0. The Bertz CT molecular complexity index is 339. The van der Waals surface area contributed by atoms with Crippen molar-refractivity contribution in [3.8, 4) is 11.8 Å². The molecule has 0 atom stereocenters. The normalized spacial score (nSPS) is 9.40. The predicted octanol–water partition coefficient (Wildman–Crippen LogP) is 1.81. The second-order valence-electron chi connectivity index (χ2n) is 3.28. The standard InChI is InChI=1S/C10H12N2O.C2H6/c1-10(2,13)6-5-8-3-4-9(11)12-7-8;1-2/h3-4,7,13H,1-2H3,(H2,11,12);1-2H3. The summed E-state index contributed by atoms with van der Waals surface area (Å²) in [4.78, 5) is 3.87. The second kappa shape index (κ2) is 6.05. The van der Waals surface area contributed by atoms with E-state index in [-0.39, 0.29) is 0 Å². The molecule has 82 valence electrons. The van der Waals surface area contributed by atoms with Gasteiger partial charge >= 0.3 is 0 Å². The molecule has 1 rings (SSSR count). The van der Waals surface area contributed by atoms with Crippen LogP contribution in [0.4, 0.5) is 5.82 Å². The van der Waals surface area contributed by atoms with Crippen LogP contribution in [-0.2, 0) is 0 Å². The average molecular weight is 206 g/mol. The van der Waals surface area contributed by atoms with Crippen molar-refractivity contribution in [2.75, 3.05) is 5.73 Å². The summed E-state index contributed by atoms with van der Waals surface area (Å²) < 4.78 is 0. The van der Waals surface area contributed by atoms with E-state index in [1.54, 1.807) is 32.2 Å². The number of aromatic nitrogens is 1. The van der Waals surface area contributed by atoms with Gasteiger partial charge in [0.05, 0.1) is 0 Å². The van der Waals surface area contributed by atoms with Crippen molar-refractivity contribution in [3.05, 3.63) is 23.9 Å². The zero-order chi connectivity index (χ0) is 11.9. The van der Waals surface area contributed by atoms with Gasteiger partial charge in [-0.1, -0.05) is 25.7 Å². The molecule has 0 spiro atoms. The number of nitrogen functional groups attached to an aromatic ring is 1. The van der Waals surface area contributed by atoms with Gasteiger partial charge in [0.15, 0.2) is 0 Å². The van der Waals surface area contributed by atoms with Crippen molar-refractivity contribution in [1.82, 2.24) is 4.98 Å². The van der Waals surface area contributed by atoms with Crippen LogP contribution >= 0.6 is 0 Å². The smallest absolute Gasteiger partial charge is 0.123 e. The molecule has 0 aliphatic rings. The number of nitrogens with zero attached hydrogens (tertiary/aromatic N) is 1. The maximum absolute atomic E-state index is 9.31. The molecule has 15 heavy (non-hydrogen) atoms. The fourth-order valence-corrected chi connectivity index (χ4v) is 0.704. The lowest BCUT2D eigenvalue weighted by Crippen LogP contribution is -2.14. The summed E-state index contributed by atoms with van der Waals surface area (Å²) in [6.45, 7) is 7.26. The SMILES string of the molecule is CC.CC(C)(O)C#Cc1ccc(N)nc1. The third-order valence-corrected chi connectivity index (χ3v) is 1.30. The minimum absolute atomic E-state index is 0.466. The molecular formula is C12H18N2O. The maximum atomic E-state index is 9.31. The molecule has 3 N–H and O–H groups in total. The van der Waals surface area contributed by atoms with Crippen LogP contribution < -0.4 is 5.73 Å². The Kier molecular flexibility index (Phi) is 5.43. The molecule has 1 aromatic rings. The van der Waals surface area contributed by atoms with E-state index in [1.807, 2.05) is 13.8 Å². The first-order chi connectivity index (χ1) is 6.97. The van der Waals surface area contributed by atoms with Crippen molar-refractivity contribution in [2.45, 2.75) is 33.3 Å². The highest BCUT2D eigenvalue weighted by Crippen LogP contribution is 2.01. The van der Waals surface area contributed by atoms with Crippen molar-refractivity contribution in [1.29, 1.82) is 0 Å². The topological polar surface area (TPSA) is 59.1 Å². The molecule has 0 aliphatic heterocycles. The van der Waals surface area contributed by atoms with Gasteiger partial charge in [-0.25, -0.2) is 4.98 Å². The van der Waals surface area contributed by atoms with E-state index in [4.69, 9.17) is 5.73 Å². The van der Waals surface area contributed by atoms with Crippen LogP contribution in [0, 0.1) is 11.8 Å². The van der Waals surface area contributed by atoms with Gasteiger partial charge in [-0.2, -0.15) is 0 Å². The zero-order valence-electron chi connectivity index (χ0n) is 9.70. The molecule has 0 bridgehead atoms. The summed E-state index contributed by atoms with van der Waals surface area (Å²) in [5, 5.41) is 9.31. The van der Waals surface area contributed by atoms with E-state index >= 15 is 0 Å². The molecule has 0 unspecified atom stereocenters. The van der Waals surface area contributed by atoms with Crippen LogP contribution in [0.1, 0.15) is 33.3 Å². The number of nitrogens with two attached hydrogens (primary N) is 1. The third-order valence-electron chi connectivity index (χ3n) is 1.30. The van der Waals surface area contributed by atoms with Crippen LogP contribution in [-0.4, -0.2) is 15.7 Å². The van der Waals surface area contributed by atoms with Crippen LogP contribution in [0.25, 0.3) is 0 Å². The molecule has 1 aromatic heterocycles. The Morgan fingerprint density at radius 1 is 1.33 bits per heavy atom. The van der Waals surface area contributed by atoms with E-state index < -0.39 is 5.60 Å². The van der Waals surface area contributed by atoms with E-state index in [0.717, 1.165) is 5.56 Å². The molecule has 0 radical (unpaired) electrons. The first kappa shape index (κ1) is 13.5. The van der Waals surface area contributed by atoms with Gasteiger partial charge < -0.3 is 10.8 Å². The highest BCUT2D eigenvalue weighted by Gasteiger charge is 2.05. The largest absolute Gasteiger partial charge is 0.384 e. The fraction of sp³-hybridized carbons (Fsp3) is 0.417. The molecule has 0 fully saturated rings. The first-order valence-corrected chi connectivity index (χ1v) is 4.94. The van der Waals surface area contributed by atoms with E-state index in [1.165, 1.54) is 0 Å². The summed E-state index contributed by atoms with van der Waals surface area (Å²) in [6.07, 6.45) is 1.58. The molecule has 3 nitrogen and oxygen atoms in total. The summed E-state index contributed by atoms with van der Waals surface area (Å²) in [5.41, 5.74) is 5.18. The van der Waals surface area contributed by atoms with Gasteiger partial charge in [-0.3, -0.25) is 0 Å². The monoisotopic (exact) mass is 206 g/mol. The highest BCUT2D eigenvalue weighted by molar-refractivity contribution is 5.38. The maximum Gasteiger partial charge on any atom is 0.123 e. The quantitative estimate of drug-likeness (QED) is 0.636. The molecule has 0 saturated heterocycles. The van der Waals surface area contributed by atoms with Crippen molar-refractivity contribution < 1.29 is 5.11 Å². The minimum Gasteiger partial charge on any atom is -0.384 e. The van der Waals surface area contributed by atoms with Gasteiger partial charge in [-0.05, 0) is 26.0 Å². The van der Waals surface area contributed by atoms with Gasteiger partial charge in [0, 0.05) is 11.8 Å². The first-order valence-electron chi connectivity index (χ1n) is 4.94. The summed E-state index contributed by atoms with van der Waals surface area (Å²) in [5.74, 6) is 5.94. The summed E-state index contributed by atoms with van der Waals surface area (Å²) in [6, 6.07) is 3.44. The molecular weight excluding hydrogens is 188 g/mol. The lowest BCUT2D eigenvalue weighted by Gasteiger charge is -2.05. The number of pyridine rings is 1. The Morgan fingerprint density at radius 2 is 1.93 bits per heavy atom. The summed E-state index contributed by atoms with van der Waals surface area (Å²) in [7, 11) is 0. The van der Waals surface area contributed by atoms with Gasteiger partial charge in [0.1, 0.15) is 11.4 Å². The number of rotatable bonds is 0. The van der Waals surface area contributed by atoms with E-state index in [0.29, 0.717) is 5.82 Å². The molecule has 1 heterocycles. The Balaban J connectivity index is 0.000000921. The average Bonchev–Trinajstić information content (AvgIpc) is 2.19. The van der Waals surface area contributed by atoms with Gasteiger partial charge in [0.2, 0.25) is 0 Å². The Labute approximate surface area is 91.3 Å². The predicted molar refractivity (Wildman–Crippen MR) is 63.2 cm³/mol. The fourth-order valence-electron chi connectivity index (χ4n) is 0.704. The lowest BCUT2D eigenvalue weighted by atomic mass is 10.1. The lowest BCUT2D eigenvalue weighted by molar-refractivity contribution is 0.143. The van der Waals surface area contributed by atoms with E-state index in [9.17, 15) is 5.11 Å². The zero-order valence-corrected chi connectivity index (χ0v) is 9.70. The van der Waals surface area contributed by atoms with Gasteiger partial charge in [0.25, 0.3) is 0 Å². The van der Waals surface area contributed by atoms with Crippen molar-refractivity contribution in [2.24, 2.45) is 0 Å². The van der Waals surface area contributed by atoms with Crippen molar-refractivity contribution in [3.63, 3.8) is 0 Å². The Hall–Kier alpha value is -1.53. The van der Waals surface area contributed by atoms with Gasteiger partial charge in [-0.15, -0.1) is 0 Å². The van der Waals surface area contributed by atoms with E-state index in [2.05, 4.69) is 16.8 Å². The van der Waals surface area contributed by atoms with Crippen molar-refractivity contribution >= 4 is 5.82 Å². The van der Waals surface area contributed by atoms with Crippen LogP contribution in [0.15, 0.2) is 18.3 Å². The Morgan fingerprint density at radius 3 is 2.33 bits per heavy atom. The van der Waals surface area contributed by atoms with Crippen LogP contribution in [0.3, 0.4) is 0 Å². The van der Waals surface area contributed by atoms with Crippen LogP contribution in [0.2, 0.25) is 0 Å². The van der Waals surface area contributed by atoms with Crippen LogP contribution in [0.5, 0.6) is 0 Å². The highest BCUT2D eigenvalue weighted by atomic mass is 16.3. The number of hydrogen-bond acceptors (Lipinski definition) is 3.